The number of carbonyl (C=O) groups excluding carboxylic acids is 2. The molecule has 210 valence electrons. The summed E-state index contributed by atoms with van der Waals surface area (Å²) in [4.78, 5) is 28.0. The molecular weight excluding hydrogens is 559 g/mol. The monoisotopic (exact) mass is 587 g/mol. The summed E-state index contributed by atoms with van der Waals surface area (Å²) < 4.78 is 33.2. The van der Waals surface area contributed by atoms with E-state index in [0.29, 0.717) is 53.6 Å². The van der Waals surface area contributed by atoms with Crippen molar-refractivity contribution in [2.45, 2.75) is 50.3 Å². The van der Waals surface area contributed by atoms with Crippen molar-refractivity contribution in [2.24, 2.45) is 0 Å². The fraction of sp³-hybridized carbons (Fsp3) is 0.333. The fourth-order valence-electron chi connectivity index (χ4n) is 5.60. The Bertz CT molecular complexity index is 1410. The van der Waals surface area contributed by atoms with Crippen LogP contribution in [0.15, 0.2) is 60.7 Å². The topological polar surface area (TPSA) is 70.7 Å². The van der Waals surface area contributed by atoms with Gasteiger partial charge in [0, 0.05) is 44.1 Å². The van der Waals surface area contributed by atoms with Crippen molar-refractivity contribution in [3.05, 3.63) is 99.0 Å². The Kier molecular flexibility index (Phi) is 8.31. The first-order valence-corrected chi connectivity index (χ1v) is 13.9. The first-order valence-electron chi connectivity index (χ1n) is 13.1. The maximum absolute atomic E-state index is 14.1. The van der Waals surface area contributed by atoms with Gasteiger partial charge in [-0.15, -0.1) is 0 Å². The number of rotatable bonds is 7. The first-order chi connectivity index (χ1) is 19.1. The highest BCUT2D eigenvalue weighted by Crippen LogP contribution is 2.44. The number of amides is 2. The van der Waals surface area contributed by atoms with Gasteiger partial charge in [-0.25, -0.2) is 13.6 Å². The van der Waals surface area contributed by atoms with E-state index in [1.54, 1.807) is 36.4 Å². The van der Waals surface area contributed by atoms with E-state index < -0.39 is 17.6 Å². The third-order valence-corrected chi connectivity index (χ3v) is 8.58. The molecule has 1 spiro atoms. The van der Waals surface area contributed by atoms with E-state index in [9.17, 15) is 18.4 Å². The third-order valence-electron chi connectivity index (χ3n) is 7.85. The minimum Gasteiger partial charge on any atom is -0.438 e. The van der Waals surface area contributed by atoms with Gasteiger partial charge in [-0.2, -0.15) is 0 Å². The van der Waals surface area contributed by atoms with Crippen LogP contribution >= 0.6 is 23.2 Å². The number of nitrogens with zero attached hydrogens (tertiary/aromatic N) is 1. The molecule has 2 unspecified atom stereocenters. The molecule has 5 rings (SSSR count). The van der Waals surface area contributed by atoms with Crippen LogP contribution in [0.5, 0.6) is 0 Å². The van der Waals surface area contributed by atoms with Crippen LogP contribution in [0, 0.1) is 11.6 Å². The second-order valence-electron chi connectivity index (χ2n) is 10.4. The quantitative estimate of drug-likeness (QED) is 0.312. The summed E-state index contributed by atoms with van der Waals surface area (Å²) >= 11 is 12.4. The third kappa shape index (κ3) is 6.09. The van der Waals surface area contributed by atoms with Gasteiger partial charge >= 0.3 is 6.09 Å². The first kappa shape index (κ1) is 28.3. The number of likely N-dealkylation sites (tertiary alicyclic amines) is 1. The summed E-state index contributed by atoms with van der Waals surface area (Å²) in [6.45, 7) is 3.50. The molecule has 2 heterocycles. The summed E-state index contributed by atoms with van der Waals surface area (Å²) in [5.41, 5.74) is 1.84. The van der Waals surface area contributed by atoms with E-state index in [4.69, 9.17) is 27.9 Å². The number of anilines is 1. The molecule has 0 radical (unpaired) electrons. The average Bonchev–Trinajstić information content (AvgIpc) is 2.93. The van der Waals surface area contributed by atoms with E-state index in [0.717, 1.165) is 11.1 Å². The van der Waals surface area contributed by atoms with Crippen LogP contribution < -0.4 is 10.6 Å². The van der Waals surface area contributed by atoms with Crippen molar-refractivity contribution in [1.29, 1.82) is 0 Å². The lowest BCUT2D eigenvalue weighted by Gasteiger charge is -2.46. The molecule has 0 aromatic heterocycles. The van der Waals surface area contributed by atoms with E-state index >= 15 is 0 Å². The smallest absolute Gasteiger partial charge is 0.412 e. The van der Waals surface area contributed by atoms with Crippen LogP contribution in [0.25, 0.3) is 0 Å². The second kappa shape index (κ2) is 11.7. The zero-order chi connectivity index (χ0) is 28.4. The molecule has 40 heavy (non-hydrogen) atoms. The lowest BCUT2D eigenvalue weighted by molar-refractivity contribution is -0.123. The Labute approximate surface area is 241 Å². The Balaban J connectivity index is 1.30. The van der Waals surface area contributed by atoms with Gasteiger partial charge in [0.05, 0.1) is 21.7 Å². The summed E-state index contributed by atoms with van der Waals surface area (Å²) in [6, 6.07) is 15.5. The van der Waals surface area contributed by atoms with E-state index in [2.05, 4.69) is 22.5 Å². The molecule has 3 aromatic carbocycles. The normalized spacial score (nSPS) is 17.9. The summed E-state index contributed by atoms with van der Waals surface area (Å²) in [7, 11) is 0. The van der Waals surface area contributed by atoms with Crippen molar-refractivity contribution in [3.8, 4) is 0 Å². The Morgan fingerprint density at radius 1 is 1.02 bits per heavy atom. The maximum atomic E-state index is 14.1. The number of carbonyl (C=O) groups is 2. The number of halogens is 4. The number of nitrogens with one attached hydrogen (secondary N) is 2. The number of fused-ring (bicyclic) bond motifs is 2. The van der Waals surface area contributed by atoms with Gasteiger partial charge in [0.1, 0.15) is 17.2 Å². The van der Waals surface area contributed by atoms with Gasteiger partial charge in [0.2, 0.25) is 5.91 Å². The molecule has 6 nitrogen and oxygen atoms in total. The Morgan fingerprint density at radius 3 is 2.42 bits per heavy atom. The van der Waals surface area contributed by atoms with Crippen LogP contribution in [0.4, 0.5) is 19.3 Å². The lowest BCUT2D eigenvalue weighted by atomic mass is 9.81. The zero-order valence-corrected chi connectivity index (χ0v) is 23.4. The fourth-order valence-corrected chi connectivity index (χ4v) is 5.90. The molecule has 0 saturated carbocycles. The molecule has 2 N–H and O–H groups in total. The van der Waals surface area contributed by atoms with Crippen LogP contribution in [0.2, 0.25) is 10.0 Å². The largest absolute Gasteiger partial charge is 0.438 e. The standard InChI is InChI=1S/C30H29Cl2F2N3O3/c1-18(37-12-10-30(11-13-37)24-16-22(34)7-9-27(24)36-29(39)40-30)14-23(20-4-8-25(31)26(32)15-20)28(38)35-17-19-2-5-21(33)6-3-19/h2-9,15-16,18,23H,10-14,17H2,1H3,(H,35,38)(H,36,39). The van der Waals surface area contributed by atoms with Crippen LogP contribution in [0.3, 0.4) is 0 Å². The Hall–Kier alpha value is -3.20. The van der Waals surface area contributed by atoms with Crippen LogP contribution in [0.1, 0.15) is 48.8 Å². The number of piperidine rings is 1. The van der Waals surface area contributed by atoms with Crippen molar-refractivity contribution in [2.75, 3.05) is 18.4 Å². The van der Waals surface area contributed by atoms with Crippen molar-refractivity contribution in [3.63, 3.8) is 0 Å². The maximum Gasteiger partial charge on any atom is 0.412 e. The van der Waals surface area contributed by atoms with Crippen molar-refractivity contribution in [1.82, 2.24) is 10.2 Å². The number of hydrogen-bond acceptors (Lipinski definition) is 4. The van der Waals surface area contributed by atoms with Gasteiger partial charge in [-0.3, -0.25) is 10.1 Å². The molecule has 1 saturated heterocycles. The zero-order valence-electron chi connectivity index (χ0n) is 21.9. The van der Waals surface area contributed by atoms with Crippen molar-refractivity contribution < 1.29 is 23.1 Å². The molecule has 2 amide bonds. The SMILES string of the molecule is CC(CC(C(=O)NCc1ccc(F)cc1)c1ccc(Cl)c(Cl)c1)N1CCC2(CC1)OC(=O)Nc1ccc(F)cc12. The minimum absolute atomic E-state index is 0.0160. The molecular formula is C30H29Cl2F2N3O3. The van der Waals surface area contributed by atoms with Crippen molar-refractivity contribution >= 4 is 40.9 Å². The van der Waals surface area contributed by atoms with Gasteiger partial charge in [0.25, 0.3) is 0 Å². The van der Waals surface area contributed by atoms with Gasteiger partial charge in [-0.05, 0) is 66.9 Å². The molecule has 0 bridgehead atoms. The molecule has 2 aliphatic rings. The minimum atomic E-state index is -0.897. The molecule has 2 atom stereocenters. The highest BCUT2D eigenvalue weighted by Gasteiger charge is 2.45. The number of benzene rings is 3. The van der Waals surface area contributed by atoms with E-state index in [1.165, 1.54) is 24.3 Å². The molecule has 2 aliphatic heterocycles. The van der Waals surface area contributed by atoms with E-state index in [1.807, 2.05) is 0 Å². The predicted octanol–water partition coefficient (Wildman–Crippen LogP) is 7.00. The van der Waals surface area contributed by atoms with Gasteiger partial charge in [-0.1, -0.05) is 41.4 Å². The van der Waals surface area contributed by atoms with Crippen LogP contribution in [-0.4, -0.2) is 36.0 Å². The molecule has 3 aromatic rings. The second-order valence-corrected chi connectivity index (χ2v) is 11.2. The highest BCUT2D eigenvalue weighted by molar-refractivity contribution is 6.42. The van der Waals surface area contributed by atoms with Gasteiger partial charge < -0.3 is 15.0 Å². The molecule has 0 aliphatic carbocycles. The van der Waals surface area contributed by atoms with Crippen LogP contribution in [-0.2, 0) is 21.7 Å². The predicted molar refractivity (Wildman–Crippen MR) is 151 cm³/mol. The number of hydrogen-bond donors (Lipinski definition) is 2. The average molecular weight is 588 g/mol. The highest BCUT2D eigenvalue weighted by atomic mass is 35.5. The number of ether oxygens (including phenoxy) is 1. The molecule has 10 heteroatoms. The van der Waals surface area contributed by atoms with E-state index in [-0.39, 0.29) is 30.1 Å². The summed E-state index contributed by atoms with van der Waals surface area (Å²) in [5.74, 6) is -1.43. The summed E-state index contributed by atoms with van der Waals surface area (Å²) in [6.07, 6.45) is 0.940. The lowest BCUT2D eigenvalue weighted by Crippen LogP contribution is -2.50. The van der Waals surface area contributed by atoms with Gasteiger partial charge in [0.15, 0.2) is 0 Å². The Morgan fingerprint density at radius 2 is 1.73 bits per heavy atom. The molecule has 1 fully saturated rings. The summed E-state index contributed by atoms with van der Waals surface area (Å²) in [5, 5.41) is 6.39.